The van der Waals surface area contributed by atoms with E-state index in [1.54, 1.807) is 0 Å². The third kappa shape index (κ3) is 0.622. The Hall–Kier alpha value is -0.570. The Kier molecular flexibility index (Phi) is 1.15. The summed E-state index contributed by atoms with van der Waals surface area (Å²) in [5.74, 6) is 0.251. The van der Waals surface area contributed by atoms with Gasteiger partial charge in [-0.1, -0.05) is 0 Å². The molecule has 0 unspecified atom stereocenters. The zero-order valence-corrected chi connectivity index (χ0v) is 8.00. The molecule has 0 aromatic heterocycles. The molecule has 13 heavy (non-hydrogen) atoms. The molecule has 0 spiro atoms. The van der Waals surface area contributed by atoms with Crippen LogP contribution in [0, 0.1) is 11.3 Å². The molecule has 0 aromatic carbocycles. The Balaban J connectivity index is 2.13. The minimum Gasteiger partial charge on any atom is -0.465 e. The summed E-state index contributed by atoms with van der Waals surface area (Å²) in [5, 5.41) is 0. The molecule has 3 heteroatoms. The lowest BCUT2D eigenvalue weighted by Gasteiger charge is -2.35. The van der Waals surface area contributed by atoms with Crippen molar-refractivity contribution in [1.29, 1.82) is 0 Å². The van der Waals surface area contributed by atoms with E-state index in [9.17, 15) is 4.79 Å². The van der Waals surface area contributed by atoms with Crippen LogP contribution >= 0.6 is 0 Å². The van der Waals surface area contributed by atoms with Crippen molar-refractivity contribution in [2.45, 2.75) is 38.4 Å². The lowest BCUT2D eigenvalue weighted by atomic mass is 9.63. The van der Waals surface area contributed by atoms with E-state index in [1.807, 2.05) is 6.92 Å². The molecular formula is C10H14O3. The molecule has 3 aliphatic heterocycles. The summed E-state index contributed by atoms with van der Waals surface area (Å²) in [6, 6.07) is 0. The van der Waals surface area contributed by atoms with E-state index in [0.717, 1.165) is 12.8 Å². The molecule has 72 valence electrons. The van der Waals surface area contributed by atoms with E-state index in [-0.39, 0.29) is 23.1 Å². The van der Waals surface area contributed by atoms with Gasteiger partial charge in [0.15, 0.2) is 0 Å². The molecule has 0 aliphatic carbocycles. The van der Waals surface area contributed by atoms with E-state index in [0.29, 0.717) is 12.5 Å². The Morgan fingerprint density at radius 2 is 2.23 bits per heavy atom. The first-order chi connectivity index (χ1) is 6.08. The van der Waals surface area contributed by atoms with Gasteiger partial charge in [-0.3, -0.25) is 4.79 Å². The fourth-order valence-corrected chi connectivity index (χ4v) is 3.26. The monoisotopic (exact) mass is 182 g/mol. The number of hydrogen-bond acceptors (Lipinski definition) is 3. The highest BCUT2D eigenvalue weighted by Crippen LogP contribution is 2.61. The quantitative estimate of drug-likeness (QED) is 0.526. The number of hydrogen-bond donors (Lipinski definition) is 0. The van der Waals surface area contributed by atoms with E-state index in [1.165, 1.54) is 0 Å². The maximum absolute atomic E-state index is 11.7. The minimum absolute atomic E-state index is 0.0535. The summed E-state index contributed by atoms with van der Waals surface area (Å²) in [7, 11) is 0. The van der Waals surface area contributed by atoms with Gasteiger partial charge in [-0.2, -0.15) is 0 Å². The molecule has 0 saturated carbocycles. The number of fused-ring (bicyclic) bond motifs is 5. The molecule has 3 rings (SSSR count). The van der Waals surface area contributed by atoms with Crippen molar-refractivity contribution in [3.05, 3.63) is 0 Å². The third-order valence-corrected chi connectivity index (χ3v) is 4.42. The Morgan fingerprint density at radius 1 is 1.46 bits per heavy atom. The largest absolute Gasteiger partial charge is 0.465 e. The van der Waals surface area contributed by atoms with Crippen molar-refractivity contribution in [2.75, 3.05) is 6.61 Å². The van der Waals surface area contributed by atoms with Gasteiger partial charge in [0.2, 0.25) is 0 Å². The molecule has 4 atom stereocenters. The second-order valence-electron chi connectivity index (χ2n) is 4.83. The van der Waals surface area contributed by atoms with Crippen LogP contribution in [0.4, 0.5) is 0 Å². The Morgan fingerprint density at radius 3 is 2.92 bits per heavy atom. The Labute approximate surface area is 77.4 Å². The lowest BCUT2D eigenvalue weighted by Crippen LogP contribution is -2.47. The minimum atomic E-state index is -0.365. The number of carbonyl (C=O) groups is 1. The van der Waals surface area contributed by atoms with Crippen molar-refractivity contribution >= 4 is 5.97 Å². The number of carbonyl (C=O) groups excluding carboxylic acids is 1. The first-order valence-electron chi connectivity index (χ1n) is 4.93. The zero-order chi connectivity index (χ0) is 9.27. The summed E-state index contributed by atoms with van der Waals surface area (Å²) in [6.45, 7) is 4.63. The highest BCUT2D eigenvalue weighted by Gasteiger charge is 2.71. The van der Waals surface area contributed by atoms with Gasteiger partial charge in [0.05, 0.1) is 18.3 Å². The normalized spacial score (nSPS) is 58.2. The van der Waals surface area contributed by atoms with Crippen molar-refractivity contribution in [1.82, 2.24) is 0 Å². The van der Waals surface area contributed by atoms with E-state index in [2.05, 4.69) is 6.92 Å². The standard InChI is InChI=1S/C10H14O3/c1-9-4-3-7(13-9)6-5-12-8(11)10(6,9)2/h6-7H,3-5H2,1-2H3/t6-,7+,9-,10+/m0/s1. The van der Waals surface area contributed by atoms with Crippen LogP contribution in [0.1, 0.15) is 26.7 Å². The van der Waals surface area contributed by atoms with Gasteiger partial charge >= 0.3 is 5.97 Å². The molecule has 2 bridgehead atoms. The molecule has 3 nitrogen and oxygen atoms in total. The highest BCUT2D eigenvalue weighted by atomic mass is 16.6. The fourth-order valence-electron chi connectivity index (χ4n) is 3.26. The van der Waals surface area contributed by atoms with Crippen molar-refractivity contribution in [2.24, 2.45) is 11.3 Å². The van der Waals surface area contributed by atoms with Crippen LogP contribution in [0.5, 0.6) is 0 Å². The second-order valence-corrected chi connectivity index (χ2v) is 4.83. The van der Waals surface area contributed by atoms with Gasteiger partial charge < -0.3 is 9.47 Å². The summed E-state index contributed by atoms with van der Waals surface area (Å²) in [4.78, 5) is 11.7. The molecule has 0 amide bonds. The van der Waals surface area contributed by atoms with Gasteiger partial charge in [0.1, 0.15) is 5.41 Å². The predicted molar refractivity (Wildman–Crippen MR) is 45.1 cm³/mol. The fraction of sp³-hybridized carbons (Fsp3) is 0.900. The molecule has 0 aromatic rings. The summed E-state index contributed by atoms with van der Waals surface area (Å²) < 4.78 is 11.0. The van der Waals surface area contributed by atoms with Crippen LogP contribution in [0.15, 0.2) is 0 Å². The molecule has 3 fully saturated rings. The highest BCUT2D eigenvalue weighted by molar-refractivity contribution is 5.81. The van der Waals surface area contributed by atoms with Crippen LogP contribution < -0.4 is 0 Å². The van der Waals surface area contributed by atoms with Crippen molar-refractivity contribution in [3.63, 3.8) is 0 Å². The van der Waals surface area contributed by atoms with Gasteiger partial charge in [-0.25, -0.2) is 0 Å². The van der Waals surface area contributed by atoms with Crippen molar-refractivity contribution < 1.29 is 14.3 Å². The first kappa shape index (κ1) is 7.80. The van der Waals surface area contributed by atoms with E-state index < -0.39 is 0 Å². The van der Waals surface area contributed by atoms with Gasteiger partial charge in [0.25, 0.3) is 0 Å². The SMILES string of the molecule is C[C@]12C(=O)OC[C@H]1[C@H]1CC[C@]2(C)O1. The molecular weight excluding hydrogens is 168 g/mol. The van der Waals surface area contributed by atoms with E-state index >= 15 is 0 Å². The van der Waals surface area contributed by atoms with Crippen LogP contribution in [0.2, 0.25) is 0 Å². The van der Waals surface area contributed by atoms with Crippen LogP contribution in [-0.4, -0.2) is 24.3 Å². The molecule has 3 saturated heterocycles. The molecule has 0 radical (unpaired) electrons. The second kappa shape index (κ2) is 1.92. The van der Waals surface area contributed by atoms with E-state index in [4.69, 9.17) is 9.47 Å². The average molecular weight is 182 g/mol. The van der Waals surface area contributed by atoms with Crippen molar-refractivity contribution in [3.8, 4) is 0 Å². The van der Waals surface area contributed by atoms with Crippen LogP contribution in [-0.2, 0) is 14.3 Å². The molecule has 0 N–H and O–H groups in total. The number of rotatable bonds is 0. The number of ether oxygens (including phenoxy) is 2. The maximum Gasteiger partial charge on any atom is 0.315 e. The number of esters is 1. The van der Waals surface area contributed by atoms with Crippen LogP contribution in [0.25, 0.3) is 0 Å². The van der Waals surface area contributed by atoms with Gasteiger partial charge in [-0.05, 0) is 26.7 Å². The number of cyclic esters (lactones) is 1. The lowest BCUT2D eigenvalue weighted by molar-refractivity contribution is -0.155. The molecule has 3 heterocycles. The predicted octanol–water partition coefficient (Wildman–Crippen LogP) is 1.12. The maximum atomic E-state index is 11.7. The summed E-state index contributed by atoms with van der Waals surface area (Å²) >= 11 is 0. The summed E-state index contributed by atoms with van der Waals surface area (Å²) in [5.41, 5.74) is -0.619. The zero-order valence-electron chi connectivity index (χ0n) is 8.00. The first-order valence-corrected chi connectivity index (χ1v) is 4.93. The average Bonchev–Trinajstić information content (AvgIpc) is 2.64. The summed E-state index contributed by atoms with van der Waals surface area (Å²) in [6.07, 6.45) is 2.36. The smallest absolute Gasteiger partial charge is 0.315 e. The molecule has 3 aliphatic rings. The van der Waals surface area contributed by atoms with Crippen LogP contribution in [0.3, 0.4) is 0 Å². The topological polar surface area (TPSA) is 35.5 Å². The Bertz CT molecular complexity index is 288. The van der Waals surface area contributed by atoms with Gasteiger partial charge in [-0.15, -0.1) is 0 Å². The van der Waals surface area contributed by atoms with Gasteiger partial charge in [0, 0.05) is 5.92 Å². The third-order valence-electron chi connectivity index (χ3n) is 4.42.